The van der Waals surface area contributed by atoms with Gasteiger partial charge >= 0.3 is 0 Å². The molecule has 0 N–H and O–H groups in total. The van der Waals surface area contributed by atoms with Gasteiger partial charge in [-0.15, -0.1) is 0 Å². The molecule has 105 heavy (non-hydrogen) atoms. The van der Waals surface area contributed by atoms with Crippen LogP contribution in [0.3, 0.4) is 0 Å². The van der Waals surface area contributed by atoms with E-state index in [0.29, 0.717) is 46.1 Å². The number of benzene rings is 14. The molecule has 3 aliphatic carbocycles. The van der Waals surface area contributed by atoms with Crippen LogP contribution < -0.4 is 4.90 Å². The normalized spacial score (nSPS) is 12.9. The quantitative estimate of drug-likeness (QED) is 0.153. The molecule has 0 bridgehead atoms. The highest BCUT2D eigenvalue weighted by Gasteiger charge is 2.52. The van der Waals surface area contributed by atoms with E-state index in [1.807, 2.05) is 146 Å². The van der Waals surface area contributed by atoms with Gasteiger partial charge in [0.25, 0.3) is 0 Å². The highest BCUT2D eigenvalue weighted by Crippen LogP contribution is 2.64. The minimum Gasteiger partial charge on any atom is -0.308 e. The van der Waals surface area contributed by atoms with Crippen LogP contribution in [0.4, 0.5) is 21.5 Å². The average molecular weight is 1350 g/mol. The van der Waals surface area contributed by atoms with Gasteiger partial charge in [-0.1, -0.05) is 303 Å². The molecule has 0 amide bonds. The van der Waals surface area contributed by atoms with Crippen LogP contribution in [0, 0.1) is 28.5 Å². The molecule has 0 saturated heterocycles. The SMILES string of the molecule is N#Cc1cc(-c2nc(-c3ccccc3)nc(-c3ccccc3)n2)ccc1F.N#Cc1cc(-c2nc(-c3ccccc3)nc(-c3ccccc3)n2)ccc1N1c2ccccc2C2(c3ccccc3-c3ccccc32)c2ccccc21.c1ccc2c(c1)Cc1ccccc1C21c2ccccc2-c2ccccc21. The lowest BCUT2D eigenvalue weighted by atomic mass is 9.61. The topological polar surface area (TPSA) is 128 Å². The number of rotatable bonds is 7. The molecular formula is C95H60FN9. The smallest absolute Gasteiger partial charge is 0.164 e. The Bertz CT molecular complexity index is 5840. The van der Waals surface area contributed by atoms with E-state index >= 15 is 0 Å². The van der Waals surface area contributed by atoms with E-state index in [4.69, 9.17) is 20.2 Å². The summed E-state index contributed by atoms with van der Waals surface area (Å²) in [5.74, 6) is 2.51. The number of hydrogen-bond acceptors (Lipinski definition) is 9. The third-order valence-corrected chi connectivity index (χ3v) is 20.6. The zero-order valence-electron chi connectivity index (χ0n) is 56.6. The molecule has 10 heteroatoms. The first-order valence-corrected chi connectivity index (χ1v) is 34.9. The Balaban J connectivity index is 0.000000124. The maximum absolute atomic E-state index is 13.7. The van der Waals surface area contributed by atoms with Crippen LogP contribution in [0.15, 0.2) is 352 Å². The minimum absolute atomic E-state index is 0.0459. The third kappa shape index (κ3) is 10.6. The van der Waals surface area contributed by atoms with Crippen molar-refractivity contribution in [1.82, 2.24) is 29.9 Å². The molecule has 0 atom stereocenters. The molecule has 0 unspecified atom stereocenters. The first-order chi connectivity index (χ1) is 51.9. The fourth-order valence-corrected chi connectivity index (χ4v) is 16.2. The lowest BCUT2D eigenvalue weighted by Crippen LogP contribution is -2.36. The molecule has 1 aliphatic heterocycles. The van der Waals surface area contributed by atoms with Crippen molar-refractivity contribution in [3.63, 3.8) is 0 Å². The molecule has 0 fully saturated rings. The molecule has 9 nitrogen and oxygen atoms in total. The van der Waals surface area contributed by atoms with Crippen molar-refractivity contribution in [2.75, 3.05) is 4.90 Å². The number of aromatic nitrogens is 6. The molecule has 0 radical (unpaired) electrons. The van der Waals surface area contributed by atoms with Crippen LogP contribution in [-0.2, 0) is 17.3 Å². The molecule has 16 aromatic rings. The third-order valence-electron chi connectivity index (χ3n) is 20.6. The van der Waals surface area contributed by atoms with E-state index in [-0.39, 0.29) is 11.0 Å². The fraction of sp³-hybridized carbons (Fsp3) is 0.0316. The molecule has 2 aromatic heterocycles. The van der Waals surface area contributed by atoms with Crippen LogP contribution in [0.25, 0.3) is 90.6 Å². The van der Waals surface area contributed by atoms with Gasteiger partial charge in [0, 0.05) is 33.4 Å². The number of halogens is 1. The number of hydrogen-bond donors (Lipinski definition) is 0. The predicted octanol–water partition coefficient (Wildman–Crippen LogP) is 21.7. The molecule has 14 aromatic carbocycles. The van der Waals surface area contributed by atoms with Gasteiger partial charge in [0.1, 0.15) is 18.0 Å². The molecule has 492 valence electrons. The van der Waals surface area contributed by atoms with E-state index in [2.05, 4.69) is 220 Å². The zero-order chi connectivity index (χ0) is 70.4. The summed E-state index contributed by atoms with van der Waals surface area (Å²) in [7, 11) is 0. The van der Waals surface area contributed by atoms with Crippen LogP contribution in [-0.4, -0.2) is 29.9 Å². The highest BCUT2D eigenvalue weighted by atomic mass is 19.1. The Kier molecular flexibility index (Phi) is 15.8. The monoisotopic (exact) mass is 1350 g/mol. The maximum Gasteiger partial charge on any atom is 0.164 e. The van der Waals surface area contributed by atoms with E-state index in [1.54, 1.807) is 6.07 Å². The summed E-state index contributed by atoms with van der Waals surface area (Å²) in [4.78, 5) is 30.7. The van der Waals surface area contributed by atoms with Crippen molar-refractivity contribution in [3.8, 4) is 103 Å². The second kappa shape index (κ2) is 26.4. The summed E-state index contributed by atoms with van der Waals surface area (Å²) in [5, 5.41) is 19.9. The van der Waals surface area contributed by atoms with Crippen molar-refractivity contribution < 1.29 is 4.39 Å². The lowest BCUT2D eigenvalue weighted by Gasteiger charge is -2.45. The van der Waals surface area contributed by atoms with Crippen LogP contribution in [0.1, 0.15) is 66.8 Å². The number of para-hydroxylation sites is 2. The Labute approximate surface area is 607 Å². The Morgan fingerprint density at radius 3 is 0.895 bits per heavy atom. The van der Waals surface area contributed by atoms with Gasteiger partial charge in [0.2, 0.25) is 0 Å². The van der Waals surface area contributed by atoms with Gasteiger partial charge in [0.15, 0.2) is 34.9 Å². The molecule has 4 aliphatic rings. The van der Waals surface area contributed by atoms with E-state index in [0.717, 1.165) is 51.3 Å². The molecule has 0 saturated carbocycles. The van der Waals surface area contributed by atoms with Crippen molar-refractivity contribution in [1.29, 1.82) is 10.5 Å². The first kappa shape index (κ1) is 63.0. The largest absolute Gasteiger partial charge is 0.308 e. The predicted molar refractivity (Wildman–Crippen MR) is 414 cm³/mol. The summed E-state index contributed by atoms with van der Waals surface area (Å²) in [6.45, 7) is 0. The summed E-state index contributed by atoms with van der Waals surface area (Å²) >= 11 is 0. The Morgan fingerprint density at radius 2 is 0.533 bits per heavy atom. The van der Waals surface area contributed by atoms with E-state index in [9.17, 15) is 9.65 Å². The minimum atomic E-state index is -0.568. The summed E-state index contributed by atoms with van der Waals surface area (Å²) in [6.07, 6.45) is 1.01. The second-order valence-electron chi connectivity index (χ2n) is 26.3. The number of nitriles is 2. The molecule has 2 spiro atoms. The number of anilines is 3. The van der Waals surface area contributed by atoms with E-state index < -0.39 is 11.2 Å². The maximum atomic E-state index is 13.7. The summed E-state index contributed by atoms with van der Waals surface area (Å²) in [6, 6.07) is 124. The zero-order valence-corrected chi connectivity index (χ0v) is 56.6. The fourth-order valence-electron chi connectivity index (χ4n) is 16.2. The van der Waals surface area contributed by atoms with Gasteiger partial charge in [-0.3, -0.25) is 0 Å². The van der Waals surface area contributed by atoms with Crippen LogP contribution in [0.2, 0.25) is 0 Å². The molecular weight excluding hydrogens is 1290 g/mol. The van der Waals surface area contributed by atoms with Crippen molar-refractivity contribution >= 4 is 17.1 Å². The number of nitrogens with zero attached hydrogens (tertiary/aromatic N) is 9. The molecule has 3 heterocycles. The lowest BCUT2D eigenvalue weighted by molar-refractivity contribution is 0.624. The number of fused-ring (bicyclic) bond motifs is 18. The van der Waals surface area contributed by atoms with Crippen molar-refractivity contribution in [2.24, 2.45) is 0 Å². The van der Waals surface area contributed by atoms with Gasteiger partial charge in [-0.2, -0.15) is 10.5 Å². The Hall–Kier alpha value is -14.2. The van der Waals surface area contributed by atoms with Gasteiger partial charge in [0.05, 0.1) is 39.0 Å². The summed E-state index contributed by atoms with van der Waals surface area (Å²) in [5.41, 5.74) is 26.1. The highest BCUT2D eigenvalue weighted by molar-refractivity contribution is 5.97. The standard InChI is InChI=1S/C47H29N5.C26H18.C22H13FN4/c48-30-34-29-33(46-50-44(31-15-3-1-4-16-31)49-45(51-46)32-17-5-2-6-18-32)27-28-41(34)52-42-25-13-11-23-39(42)47(40-24-12-14-26-43(40)52)37-21-9-7-19-35(37)36-20-8-10-22-38(36)47;1-5-13-22-18(9-1)17-19-10-2-6-14-23(19)26(22)24-15-7-3-11-20(24)21-12-4-8-16-25(21)26;23-19-12-11-17(13-18(19)14-24)22-26-20(15-7-3-1-4-8-15)25-21(27-22)16-9-5-2-6-10-16/h1-29H;1-16H,17H2;1-13H. The van der Waals surface area contributed by atoms with Gasteiger partial charge in [-0.05, 0) is 133 Å². The van der Waals surface area contributed by atoms with Gasteiger partial charge < -0.3 is 4.90 Å². The van der Waals surface area contributed by atoms with E-state index in [1.165, 1.54) is 90.0 Å². The van der Waals surface area contributed by atoms with Crippen molar-refractivity contribution in [2.45, 2.75) is 17.3 Å². The first-order valence-electron chi connectivity index (χ1n) is 34.9. The van der Waals surface area contributed by atoms with Gasteiger partial charge in [-0.25, -0.2) is 34.3 Å². The molecule has 20 rings (SSSR count). The van der Waals surface area contributed by atoms with Crippen LogP contribution >= 0.6 is 0 Å². The van der Waals surface area contributed by atoms with Crippen molar-refractivity contribution in [3.05, 3.63) is 424 Å². The van der Waals surface area contributed by atoms with Crippen LogP contribution in [0.5, 0.6) is 0 Å². The average Bonchev–Trinajstić information content (AvgIpc) is 1.58. The Morgan fingerprint density at radius 1 is 0.257 bits per heavy atom. The summed E-state index contributed by atoms with van der Waals surface area (Å²) < 4.78 is 13.7. The second-order valence-corrected chi connectivity index (χ2v) is 26.3.